The van der Waals surface area contributed by atoms with Gasteiger partial charge in [0.2, 0.25) is 17.2 Å². The van der Waals surface area contributed by atoms with Crippen molar-refractivity contribution in [1.29, 1.82) is 0 Å². The average molecular weight is 314 g/mol. The van der Waals surface area contributed by atoms with E-state index in [0.29, 0.717) is 6.54 Å². The molecule has 0 fully saturated rings. The van der Waals surface area contributed by atoms with Gasteiger partial charge in [-0.05, 0) is 6.92 Å². The Morgan fingerprint density at radius 1 is 1.42 bits per heavy atom. The molecule has 0 aliphatic rings. The van der Waals surface area contributed by atoms with Crippen molar-refractivity contribution in [2.75, 3.05) is 0 Å². The molecule has 0 unspecified atom stereocenters. The first kappa shape index (κ1) is 13.9. The van der Waals surface area contributed by atoms with Crippen LogP contribution in [0.2, 0.25) is 0 Å². The summed E-state index contributed by atoms with van der Waals surface area (Å²) < 4.78 is 71.9. The smallest absolute Gasteiger partial charge is 0.373 e. The number of alkyl halides is 3. The number of halogens is 3. The Bertz CT molecular complexity index is 711. The highest BCUT2D eigenvalue weighted by molar-refractivity contribution is 7.88. The quantitative estimate of drug-likeness (QED) is 0.484. The van der Waals surface area contributed by atoms with Crippen molar-refractivity contribution in [1.82, 2.24) is 8.75 Å². The van der Waals surface area contributed by atoms with Gasteiger partial charge in [0.05, 0.1) is 12.7 Å². The zero-order chi connectivity index (χ0) is 14.3. The molecule has 0 saturated heterocycles. The minimum Gasteiger partial charge on any atom is -0.373 e. The molecule has 0 radical (unpaired) electrons. The Morgan fingerprint density at radius 2 is 2.11 bits per heavy atom. The highest BCUT2D eigenvalue weighted by Gasteiger charge is 2.49. The number of aromatic nitrogens is 3. The highest BCUT2D eigenvalue weighted by atomic mass is 32.2. The number of rotatable bonds is 3. The molecule has 0 aliphatic heterocycles. The highest BCUT2D eigenvalue weighted by Crippen LogP contribution is 2.29. The summed E-state index contributed by atoms with van der Waals surface area (Å²) in [4.78, 5) is 0. The van der Waals surface area contributed by atoms with Crippen LogP contribution in [0.4, 0.5) is 13.2 Å². The number of aryl methyl sites for hydroxylation is 1. The molecule has 0 amide bonds. The van der Waals surface area contributed by atoms with E-state index in [0.717, 1.165) is 17.8 Å². The van der Waals surface area contributed by atoms with E-state index in [1.165, 1.54) is 6.20 Å². The lowest BCUT2D eigenvalue weighted by atomic mass is 10.4. The molecule has 2 aromatic heterocycles. The maximum absolute atomic E-state index is 12.2. The van der Waals surface area contributed by atoms with Crippen molar-refractivity contribution in [3.63, 3.8) is 0 Å². The van der Waals surface area contributed by atoms with Gasteiger partial charge in [-0.1, -0.05) is 0 Å². The Kier molecular flexibility index (Phi) is 3.34. The van der Waals surface area contributed by atoms with E-state index in [9.17, 15) is 21.6 Å². The maximum Gasteiger partial charge on any atom is 0.534 e. The van der Waals surface area contributed by atoms with E-state index in [1.807, 2.05) is 0 Å². The summed E-state index contributed by atoms with van der Waals surface area (Å²) >= 11 is 0.753. The van der Waals surface area contributed by atoms with Crippen LogP contribution in [0.5, 0.6) is 5.75 Å². The second-order valence-electron chi connectivity index (χ2n) is 3.39. The monoisotopic (exact) mass is 314 g/mol. The van der Waals surface area contributed by atoms with E-state index >= 15 is 0 Å². The van der Waals surface area contributed by atoms with Crippen molar-refractivity contribution < 1.29 is 30.3 Å². The van der Waals surface area contributed by atoms with E-state index in [-0.39, 0.29) is 11.2 Å². The average Bonchev–Trinajstić information content (AvgIpc) is 2.77. The number of hydrogen-bond acceptors (Lipinski definition) is 6. The predicted octanol–water partition coefficient (Wildman–Crippen LogP) is 1.23. The van der Waals surface area contributed by atoms with Crippen LogP contribution in [-0.2, 0) is 16.7 Å². The van der Waals surface area contributed by atoms with Gasteiger partial charge in [-0.15, -0.1) is 4.37 Å². The van der Waals surface area contributed by atoms with E-state index in [1.54, 1.807) is 11.5 Å². The second kappa shape index (κ2) is 4.56. The fourth-order valence-corrected chi connectivity index (χ4v) is 2.35. The fraction of sp³-hybridized carbons (Fsp3) is 0.375. The predicted molar refractivity (Wildman–Crippen MR) is 58.9 cm³/mol. The Balaban J connectivity index is 2.51. The van der Waals surface area contributed by atoms with Gasteiger partial charge in [0, 0.05) is 10.4 Å². The lowest BCUT2D eigenvalue weighted by molar-refractivity contribution is -0.669. The molecule has 2 heterocycles. The second-order valence-corrected chi connectivity index (χ2v) is 5.45. The first-order valence-corrected chi connectivity index (χ1v) is 7.05. The van der Waals surface area contributed by atoms with Crippen molar-refractivity contribution in [3.8, 4) is 5.75 Å². The zero-order valence-corrected chi connectivity index (χ0v) is 11.0. The summed E-state index contributed by atoms with van der Waals surface area (Å²) in [5.74, 6) is -0.495. The molecule has 19 heavy (non-hydrogen) atoms. The molecule has 11 heteroatoms. The SMILES string of the molecule is CC[n+]1ccc(OS(=O)(=O)C(F)(F)F)c2nsnc21. The van der Waals surface area contributed by atoms with E-state index in [2.05, 4.69) is 12.9 Å². The van der Waals surface area contributed by atoms with Crippen LogP contribution in [0.15, 0.2) is 12.3 Å². The van der Waals surface area contributed by atoms with Gasteiger partial charge < -0.3 is 4.18 Å². The first-order chi connectivity index (χ1) is 8.76. The van der Waals surface area contributed by atoms with Crippen molar-refractivity contribution >= 4 is 33.0 Å². The number of fused-ring (bicyclic) bond motifs is 1. The minimum absolute atomic E-state index is 0.0258. The molecule has 0 aromatic carbocycles. The first-order valence-electron chi connectivity index (χ1n) is 4.91. The van der Waals surface area contributed by atoms with Gasteiger partial charge in [0.25, 0.3) is 0 Å². The molecular weight excluding hydrogens is 307 g/mol. The minimum atomic E-state index is -5.71. The van der Waals surface area contributed by atoms with Crippen LogP contribution in [0.1, 0.15) is 6.92 Å². The maximum atomic E-state index is 12.2. The molecule has 104 valence electrons. The summed E-state index contributed by atoms with van der Waals surface area (Å²) in [5, 5.41) is 0. The molecule has 0 atom stereocenters. The van der Waals surface area contributed by atoms with Crippen LogP contribution < -0.4 is 8.75 Å². The molecule has 2 rings (SSSR count). The van der Waals surface area contributed by atoms with Crippen molar-refractivity contribution in [3.05, 3.63) is 12.3 Å². The van der Waals surface area contributed by atoms with Gasteiger partial charge in [0.15, 0.2) is 5.75 Å². The molecular formula is C8H7F3N3O3S2+. The molecule has 0 N–H and O–H groups in total. The Labute approximate surface area is 109 Å². The van der Waals surface area contributed by atoms with Gasteiger partial charge in [-0.2, -0.15) is 21.6 Å². The normalized spacial score (nSPS) is 12.8. The molecule has 0 bridgehead atoms. The van der Waals surface area contributed by atoms with Crippen LogP contribution in [0.3, 0.4) is 0 Å². The number of pyridine rings is 1. The summed E-state index contributed by atoms with van der Waals surface area (Å²) in [7, 11) is -5.71. The zero-order valence-electron chi connectivity index (χ0n) is 9.38. The molecule has 0 saturated carbocycles. The molecule has 6 nitrogen and oxygen atoms in total. The van der Waals surface area contributed by atoms with Gasteiger partial charge in [-0.3, -0.25) is 0 Å². The third-order valence-corrected chi connectivity index (χ3v) is 3.69. The van der Waals surface area contributed by atoms with E-state index < -0.39 is 21.4 Å². The van der Waals surface area contributed by atoms with E-state index in [4.69, 9.17) is 0 Å². The Hall–Kier alpha value is -1.49. The third kappa shape index (κ3) is 2.47. The van der Waals surface area contributed by atoms with Crippen LogP contribution in [0.25, 0.3) is 11.2 Å². The molecule has 0 spiro atoms. The lowest BCUT2D eigenvalue weighted by Gasteiger charge is -2.09. The standard InChI is InChI=1S/C8H7F3N3O3S2/c1-2-14-4-3-5(6-7(14)13-18-12-6)17-19(15,16)8(9,10)11/h3-4H,2H2,1H3/q+1. The van der Waals surface area contributed by atoms with Gasteiger partial charge in [0.1, 0.15) is 0 Å². The van der Waals surface area contributed by atoms with Crippen LogP contribution in [0, 0.1) is 0 Å². The van der Waals surface area contributed by atoms with Crippen LogP contribution >= 0.6 is 11.7 Å². The Morgan fingerprint density at radius 3 is 2.68 bits per heavy atom. The van der Waals surface area contributed by atoms with Crippen molar-refractivity contribution in [2.45, 2.75) is 19.0 Å². The summed E-state index contributed by atoms with van der Waals surface area (Å²) in [5.41, 5.74) is -5.25. The summed E-state index contributed by atoms with van der Waals surface area (Å²) in [6, 6.07) is 1.11. The topological polar surface area (TPSA) is 73.0 Å². The lowest BCUT2D eigenvalue weighted by Crippen LogP contribution is -2.33. The number of nitrogens with zero attached hydrogens (tertiary/aromatic N) is 3. The van der Waals surface area contributed by atoms with Gasteiger partial charge in [-0.25, -0.2) is 4.57 Å². The summed E-state index contributed by atoms with van der Waals surface area (Å²) in [6.45, 7) is 2.31. The fourth-order valence-electron chi connectivity index (χ4n) is 1.32. The third-order valence-electron chi connectivity index (χ3n) is 2.21. The largest absolute Gasteiger partial charge is 0.534 e. The van der Waals surface area contributed by atoms with Crippen LogP contribution in [-0.4, -0.2) is 22.7 Å². The molecule has 0 aliphatic carbocycles. The number of hydrogen-bond donors (Lipinski definition) is 0. The van der Waals surface area contributed by atoms with Crippen molar-refractivity contribution in [2.24, 2.45) is 0 Å². The molecule has 2 aromatic rings. The van der Waals surface area contributed by atoms with Gasteiger partial charge >= 0.3 is 21.3 Å². The summed E-state index contributed by atoms with van der Waals surface area (Å²) in [6.07, 6.45) is 1.38.